The number of halogens is 1. The van der Waals surface area contributed by atoms with E-state index in [9.17, 15) is 4.79 Å². The van der Waals surface area contributed by atoms with E-state index >= 15 is 0 Å². The number of benzene rings is 1. The van der Waals surface area contributed by atoms with Crippen LogP contribution in [0.3, 0.4) is 0 Å². The van der Waals surface area contributed by atoms with Crippen LogP contribution in [0.1, 0.15) is 24.0 Å². The first-order chi connectivity index (χ1) is 11.7. The second-order valence-corrected chi connectivity index (χ2v) is 6.74. The molecule has 25 heavy (non-hydrogen) atoms. The lowest BCUT2D eigenvalue weighted by Gasteiger charge is -2.31. The van der Waals surface area contributed by atoms with Crippen molar-refractivity contribution in [1.82, 2.24) is 10.2 Å². The van der Waals surface area contributed by atoms with E-state index in [1.165, 1.54) is 11.1 Å². The Bertz CT molecular complexity index is 526. The van der Waals surface area contributed by atoms with Gasteiger partial charge in [-0.05, 0) is 31.7 Å². The molecular formula is C19H29ClN2O3. The standard InChI is InChI=1S/C19H28N2O3.ClH/c1-15-4-6-16(7-5-15)8-10-21(13-17-3-2-11-24-17)19(22)18-14-23-12-9-20-18;/h4-7,17-18,20H,2-3,8-14H2,1H3;1H. The normalized spacial score (nSPS) is 23.1. The molecule has 5 nitrogen and oxygen atoms in total. The Morgan fingerprint density at radius 2 is 2.08 bits per heavy atom. The van der Waals surface area contributed by atoms with Crippen LogP contribution in [0.5, 0.6) is 0 Å². The summed E-state index contributed by atoms with van der Waals surface area (Å²) < 4.78 is 11.2. The Labute approximate surface area is 156 Å². The maximum atomic E-state index is 12.9. The van der Waals surface area contributed by atoms with Gasteiger partial charge in [0, 0.05) is 26.2 Å². The second-order valence-electron chi connectivity index (χ2n) is 6.74. The average molecular weight is 369 g/mol. The van der Waals surface area contributed by atoms with Crippen molar-refractivity contribution in [3.8, 4) is 0 Å². The lowest BCUT2D eigenvalue weighted by atomic mass is 10.1. The van der Waals surface area contributed by atoms with Crippen LogP contribution in [-0.2, 0) is 20.7 Å². The third-order valence-electron chi connectivity index (χ3n) is 4.77. The van der Waals surface area contributed by atoms with Crippen LogP contribution in [0.15, 0.2) is 24.3 Å². The molecule has 0 spiro atoms. The van der Waals surface area contributed by atoms with Crippen LogP contribution in [0.2, 0.25) is 0 Å². The number of morpholine rings is 1. The van der Waals surface area contributed by atoms with Crippen molar-refractivity contribution >= 4 is 18.3 Å². The third kappa shape index (κ3) is 5.96. The Hall–Kier alpha value is -1.14. The summed E-state index contributed by atoms with van der Waals surface area (Å²) in [6, 6.07) is 8.31. The van der Waals surface area contributed by atoms with Crippen molar-refractivity contribution in [3.63, 3.8) is 0 Å². The molecule has 6 heteroatoms. The first-order valence-corrected chi connectivity index (χ1v) is 8.99. The zero-order valence-corrected chi connectivity index (χ0v) is 15.7. The lowest BCUT2D eigenvalue weighted by molar-refractivity contribution is -0.137. The molecule has 0 aliphatic carbocycles. The van der Waals surface area contributed by atoms with Gasteiger partial charge in [0.25, 0.3) is 0 Å². The van der Waals surface area contributed by atoms with E-state index in [0.717, 1.165) is 39.0 Å². The molecule has 1 aromatic carbocycles. The summed E-state index contributed by atoms with van der Waals surface area (Å²) in [5, 5.41) is 3.27. The molecule has 2 aliphatic heterocycles. The minimum absolute atomic E-state index is 0. The highest BCUT2D eigenvalue weighted by atomic mass is 35.5. The van der Waals surface area contributed by atoms with Crippen molar-refractivity contribution in [2.24, 2.45) is 0 Å². The summed E-state index contributed by atoms with van der Waals surface area (Å²) in [6.45, 7) is 6.19. The zero-order chi connectivity index (χ0) is 16.8. The maximum absolute atomic E-state index is 12.9. The number of nitrogens with one attached hydrogen (secondary N) is 1. The molecule has 1 aromatic rings. The summed E-state index contributed by atoms with van der Waals surface area (Å²) in [5.41, 5.74) is 2.52. The molecular weight excluding hydrogens is 340 g/mol. The molecule has 2 unspecified atom stereocenters. The largest absolute Gasteiger partial charge is 0.378 e. The van der Waals surface area contributed by atoms with Gasteiger partial charge in [0.15, 0.2) is 0 Å². The Morgan fingerprint density at radius 3 is 2.72 bits per heavy atom. The number of rotatable bonds is 6. The smallest absolute Gasteiger partial charge is 0.242 e. The van der Waals surface area contributed by atoms with E-state index in [2.05, 4.69) is 36.5 Å². The first-order valence-electron chi connectivity index (χ1n) is 8.99. The number of amides is 1. The third-order valence-corrected chi connectivity index (χ3v) is 4.77. The molecule has 3 rings (SSSR count). The fraction of sp³-hybridized carbons (Fsp3) is 0.632. The topological polar surface area (TPSA) is 50.8 Å². The van der Waals surface area contributed by atoms with E-state index in [-0.39, 0.29) is 30.5 Å². The van der Waals surface area contributed by atoms with Gasteiger partial charge >= 0.3 is 0 Å². The van der Waals surface area contributed by atoms with Gasteiger partial charge in [0.05, 0.1) is 19.3 Å². The van der Waals surface area contributed by atoms with Crippen molar-refractivity contribution < 1.29 is 14.3 Å². The molecule has 2 atom stereocenters. The highest BCUT2D eigenvalue weighted by molar-refractivity contribution is 5.85. The molecule has 0 radical (unpaired) electrons. The number of hydrogen-bond donors (Lipinski definition) is 1. The van der Waals surface area contributed by atoms with Gasteiger partial charge in [-0.3, -0.25) is 4.79 Å². The quantitative estimate of drug-likeness (QED) is 0.834. The molecule has 0 aromatic heterocycles. The Balaban J connectivity index is 0.00000225. The molecule has 2 aliphatic rings. The lowest BCUT2D eigenvalue weighted by Crippen LogP contribution is -2.54. The van der Waals surface area contributed by atoms with E-state index in [0.29, 0.717) is 19.8 Å². The van der Waals surface area contributed by atoms with Crippen LogP contribution in [0, 0.1) is 6.92 Å². The summed E-state index contributed by atoms with van der Waals surface area (Å²) in [7, 11) is 0. The van der Waals surface area contributed by atoms with Crippen LogP contribution < -0.4 is 5.32 Å². The molecule has 0 bridgehead atoms. The minimum atomic E-state index is -0.224. The second kappa shape index (κ2) is 10.1. The van der Waals surface area contributed by atoms with Gasteiger partial charge in [-0.2, -0.15) is 0 Å². The van der Waals surface area contributed by atoms with E-state index in [4.69, 9.17) is 9.47 Å². The Morgan fingerprint density at radius 1 is 1.28 bits per heavy atom. The number of carbonyl (C=O) groups is 1. The predicted octanol–water partition coefficient (Wildman–Crippen LogP) is 1.96. The number of aryl methyl sites for hydroxylation is 1. The van der Waals surface area contributed by atoms with Gasteiger partial charge in [-0.15, -0.1) is 12.4 Å². The summed E-state index contributed by atoms with van der Waals surface area (Å²) in [6.07, 6.45) is 3.18. The highest BCUT2D eigenvalue weighted by Crippen LogP contribution is 2.15. The zero-order valence-electron chi connectivity index (χ0n) is 14.9. The monoisotopic (exact) mass is 368 g/mol. The van der Waals surface area contributed by atoms with Crippen molar-refractivity contribution in [2.75, 3.05) is 39.5 Å². The molecule has 2 fully saturated rings. The van der Waals surface area contributed by atoms with Crippen molar-refractivity contribution in [3.05, 3.63) is 35.4 Å². The Kier molecular flexibility index (Phi) is 8.16. The summed E-state index contributed by atoms with van der Waals surface area (Å²) in [5.74, 6) is 0.136. The number of hydrogen-bond acceptors (Lipinski definition) is 4. The highest BCUT2D eigenvalue weighted by Gasteiger charge is 2.29. The van der Waals surface area contributed by atoms with E-state index in [1.54, 1.807) is 0 Å². The van der Waals surface area contributed by atoms with Gasteiger partial charge in [-0.25, -0.2) is 0 Å². The maximum Gasteiger partial charge on any atom is 0.242 e. The molecule has 140 valence electrons. The van der Waals surface area contributed by atoms with Crippen LogP contribution in [0.4, 0.5) is 0 Å². The van der Waals surface area contributed by atoms with Crippen LogP contribution >= 0.6 is 12.4 Å². The number of ether oxygens (including phenoxy) is 2. The molecule has 1 N–H and O–H groups in total. The van der Waals surface area contributed by atoms with E-state index < -0.39 is 0 Å². The average Bonchev–Trinajstić information content (AvgIpc) is 3.13. The SMILES string of the molecule is Cc1ccc(CCN(CC2CCCO2)C(=O)C2COCCN2)cc1.Cl. The fourth-order valence-electron chi connectivity index (χ4n) is 3.29. The van der Waals surface area contributed by atoms with E-state index in [1.807, 2.05) is 4.90 Å². The van der Waals surface area contributed by atoms with Crippen LogP contribution in [0.25, 0.3) is 0 Å². The number of nitrogens with zero attached hydrogens (tertiary/aromatic N) is 1. The fourth-order valence-corrected chi connectivity index (χ4v) is 3.29. The predicted molar refractivity (Wildman–Crippen MR) is 100 cm³/mol. The molecule has 2 heterocycles. The van der Waals surface area contributed by atoms with Gasteiger partial charge in [-0.1, -0.05) is 29.8 Å². The molecule has 2 saturated heterocycles. The van der Waals surface area contributed by atoms with Gasteiger partial charge in [0.2, 0.25) is 5.91 Å². The first kappa shape index (κ1) is 20.2. The van der Waals surface area contributed by atoms with Crippen molar-refractivity contribution in [1.29, 1.82) is 0 Å². The van der Waals surface area contributed by atoms with Crippen molar-refractivity contribution in [2.45, 2.75) is 38.3 Å². The number of carbonyl (C=O) groups excluding carboxylic acids is 1. The molecule has 1 amide bonds. The summed E-state index contributed by atoms with van der Waals surface area (Å²) >= 11 is 0. The van der Waals surface area contributed by atoms with Gasteiger partial charge in [0.1, 0.15) is 6.04 Å². The minimum Gasteiger partial charge on any atom is -0.378 e. The summed E-state index contributed by atoms with van der Waals surface area (Å²) in [4.78, 5) is 14.8. The molecule has 0 saturated carbocycles. The van der Waals surface area contributed by atoms with Gasteiger partial charge < -0.3 is 19.7 Å². The van der Waals surface area contributed by atoms with Crippen LogP contribution in [-0.4, -0.2) is 62.4 Å².